The Morgan fingerprint density at radius 3 is 2.23 bits per heavy atom. The second kappa shape index (κ2) is 10.4. The molecule has 0 aromatic heterocycles. The monoisotopic (exact) mass is 491 g/mol. The van der Waals surface area contributed by atoms with Crippen LogP contribution in [0.1, 0.15) is 43.6 Å². The molecule has 178 valence electrons. The molecule has 0 radical (unpaired) electrons. The molecule has 0 fully saturated rings. The molecule has 1 heterocycles. The molecule has 0 bridgehead atoms. The van der Waals surface area contributed by atoms with Gasteiger partial charge in [-0.2, -0.15) is 0 Å². The first kappa shape index (κ1) is 24.0. The molecule has 1 aliphatic heterocycles. The zero-order chi connectivity index (χ0) is 24.9. The molecule has 3 aromatic carbocycles. The van der Waals surface area contributed by atoms with Crippen molar-refractivity contribution >= 4 is 40.9 Å². The van der Waals surface area contributed by atoms with E-state index in [1.807, 2.05) is 0 Å². The molecular weight excluding hydrogens is 470 g/mol. The van der Waals surface area contributed by atoms with Gasteiger partial charge < -0.3 is 15.4 Å². The van der Waals surface area contributed by atoms with Crippen LogP contribution in [-0.4, -0.2) is 41.7 Å². The van der Waals surface area contributed by atoms with Crippen LogP contribution in [-0.2, 0) is 11.3 Å². The Kier molecular flexibility index (Phi) is 7.12. The number of nitrogens with one attached hydrogen (secondary N) is 2. The Hall–Kier alpha value is -4.17. The van der Waals surface area contributed by atoms with Gasteiger partial charge in [0.25, 0.3) is 17.7 Å². The lowest BCUT2D eigenvalue weighted by molar-refractivity contribution is -0.115. The lowest BCUT2D eigenvalue weighted by Gasteiger charge is -2.16. The van der Waals surface area contributed by atoms with E-state index in [2.05, 4.69) is 10.6 Å². The van der Waals surface area contributed by atoms with Crippen LogP contribution >= 0.6 is 11.6 Å². The summed E-state index contributed by atoms with van der Waals surface area (Å²) in [5.41, 5.74) is 2.02. The van der Waals surface area contributed by atoms with Gasteiger partial charge in [0.05, 0.1) is 36.4 Å². The van der Waals surface area contributed by atoms with Crippen molar-refractivity contribution in [2.45, 2.75) is 13.5 Å². The minimum atomic E-state index is -0.524. The smallest absolute Gasteiger partial charge is 0.261 e. The third kappa shape index (κ3) is 5.33. The standard InChI is InChI=1S/C26H22ClN3O5/c1-2-35-22-12-7-16(15-30-25(33)19-5-3-4-6-20(19)26(30)34)13-21(22)24(32)28-14-23(31)29-18-10-8-17(27)9-11-18/h3-13H,2,14-15H2,1H3,(H,28,32)(H,29,31). The summed E-state index contributed by atoms with van der Waals surface area (Å²) in [7, 11) is 0. The summed E-state index contributed by atoms with van der Waals surface area (Å²) in [5.74, 6) is -1.38. The zero-order valence-corrected chi connectivity index (χ0v) is 19.6. The van der Waals surface area contributed by atoms with Crippen LogP contribution in [0.25, 0.3) is 0 Å². The maximum atomic E-state index is 12.9. The normalized spacial score (nSPS) is 12.3. The lowest BCUT2D eigenvalue weighted by atomic mass is 10.1. The number of carbonyl (C=O) groups is 4. The number of halogens is 1. The average molecular weight is 492 g/mol. The van der Waals surface area contributed by atoms with Gasteiger partial charge in [0.2, 0.25) is 5.91 Å². The summed E-state index contributed by atoms with van der Waals surface area (Å²) in [4.78, 5) is 51.7. The Bertz CT molecular complexity index is 1270. The molecule has 8 nitrogen and oxygen atoms in total. The van der Waals surface area contributed by atoms with Gasteiger partial charge in [0.1, 0.15) is 5.75 Å². The van der Waals surface area contributed by atoms with E-state index in [4.69, 9.17) is 16.3 Å². The van der Waals surface area contributed by atoms with E-state index in [0.717, 1.165) is 4.90 Å². The summed E-state index contributed by atoms with van der Waals surface area (Å²) in [6, 6.07) is 18.1. The van der Waals surface area contributed by atoms with Crippen LogP contribution in [0.4, 0.5) is 5.69 Å². The summed E-state index contributed by atoms with van der Waals surface area (Å²) in [6.07, 6.45) is 0. The summed E-state index contributed by atoms with van der Waals surface area (Å²) in [5, 5.41) is 5.79. The number of hydrogen-bond donors (Lipinski definition) is 2. The van der Waals surface area contributed by atoms with Gasteiger partial charge in [-0.25, -0.2) is 0 Å². The number of hydrogen-bond acceptors (Lipinski definition) is 5. The molecule has 3 aromatic rings. The van der Waals surface area contributed by atoms with E-state index in [1.165, 1.54) is 0 Å². The molecular formula is C26H22ClN3O5. The number of fused-ring (bicyclic) bond motifs is 1. The molecule has 0 atom stereocenters. The first-order valence-electron chi connectivity index (χ1n) is 10.9. The van der Waals surface area contributed by atoms with Crippen LogP contribution in [0, 0.1) is 0 Å². The first-order valence-corrected chi connectivity index (χ1v) is 11.3. The quantitative estimate of drug-likeness (QED) is 0.465. The fourth-order valence-corrected chi connectivity index (χ4v) is 3.82. The highest BCUT2D eigenvalue weighted by Crippen LogP contribution is 2.26. The fourth-order valence-electron chi connectivity index (χ4n) is 3.69. The Balaban J connectivity index is 1.46. The molecule has 1 aliphatic rings. The number of nitrogens with zero attached hydrogens (tertiary/aromatic N) is 1. The van der Waals surface area contributed by atoms with E-state index in [1.54, 1.807) is 73.7 Å². The third-order valence-corrected chi connectivity index (χ3v) is 5.60. The molecule has 35 heavy (non-hydrogen) atoms. The minimum Gasteiger partial charge on any atom is -0.493 e. The van der Waals surface area contributed by atoms with Gasteiger partial charge in [-0.1, -0.05) is 29.8 Å². The molecule has 0 aliphatic carbocycles. The van der Waals surface area contributed by atoms with Crippen LogP contribution < -0.4 is 15.4 Å². The van der Waals surface area contributed by atoms with Crippen molar-refractivity contribution in [2.24, 2.45) is 0 Å². The molecule has 0 unspecified atom stereocenters. The molecule has 9 heteroatoms. The number of benzene rings is 3. The van der Waals surface area contributed by atoms with Crippen LogP contribution in [0.2, 0.25) is 5.02 Å². The number of imide groups is 1. The third-order valence-electron chi connectivity index (χ3n) is 5.34. The SMILES string of the molecule is CCOc1ccc(CN2C(=O)c3ccccc3C2=O)cc1C(=O)NCC(=O)Nc1ccc(Cl)cc1. The van der Waals surface area contributed by atoms with Crippen molar-refractivity contribution in [3.05, 3.63) is 94.0 Å². The van der Waals surface area contributed by atoms with Gasteiger partial charge in [-0.15, -0.1) is 0 Å². The van der Waals surface area contributed by atoms with Gasteiger partial charge >= 0.3 is 0 Å². The van der Waals surface area contributed by atoms with Crippen molar-refractivity contribution in [1.29, 1.82) is 0 Å². The highest BCUT2D eigenvalue weighted by Gasteiger charge is 2.35. The molecule has 4 amide bonds. The van der Waals surface area contributed by atoms with Crippen molar-refractivity contribution in [2.75, 3.05) is 18.5 Å². The van der Waals surface area contributed by atoms with Gasteiger partial charge in [0, 0.05) is 10.7 Å². The first-order chi connectivity index (χ1) is 16.9. The van der Waals surface area contributed by atoms with E-state index < -0.39 is 11.8 Å². The van der Waals surface area contributed by atoms with Crippen molar-refractivity contribution in [3.63, 3.8) is 0 Å². The second-order valence-electron chi connectivity index (χ2n) is 7.74. The van der Waals surface area contributed by atoms with Gasteiger partial charge in [-0.3, -0.25) is 24.1 Å². The highest BCUT2D eigenvalue weighted by molar-refractivity contribution is 6.30. The Morgan fingerprint density at radius 2 is 1.60 bits per heavy atom. The zero-order valence-electron chi connectivity index (χ0n) is 18.8. The summed E-state index contributed by atoms with van der Waals surface area (Å²) < 4.78 is 5.57. The molecule has 0 saturated carbocycles. The maximum Gasteiger partial charge on any atom is 0.261 e. The maximum absolute atomic E-state index is 12.9. The van der Waals surface area contributed by atoms with E-state index in [-0.39, 0.29) is 30.5 Å². The van der Waals surface area contributed by atoms with Crippen LogP contribution in [0.15, 0.2) is 66.7 Å². The highest BCUT2D eigenvalue weighted by atomic mass is 35.5. The number of ether oxygens (including phenoxy) is 1. The largest absolute Gasteiger partial charge is 0.493 e. The van der Waals surface area contributed by atoms with Crippen molar-refractivity contribution in [1.82, 2.24) is 10.2 Å². The van der Waals surface area contributed by atoms with Crippen LogP contribution in [0.5, 0.6) is 5.75 Å². The summed E-state index contributed by atoms with van der Waals surface area (Å²) in [6.45, 7) is 1.84. The topological polar surface area (TPSA) is 105 Å². The minimum absolute atomic E-state index is 0.00388. The Labute approximate surface area is 206 Å². The molecule has 0 spiro atoms. The number of anilines is 1. The van der Waals surface area contributed by atoms with E-state index >= 15 is 0 Å². The number of carbonyl (C=O) groups excluding carboxylic acids is 4. The number of rotatable bonds is 8. The molecule has 0 saturated heterocycles. The molecule has 4 rings (SSSR count). The van der Waals surface area contributed by atoms with Crippen molar-refractivity contribution in [3.8, 4) is 5.75 Å². The van der Waals surface area contributed by atoms with Gasteiger partial charge in [0.15, 0.2) is 0 Å². The summed E-state index contributed by atoms with van der Waals surface area (Å²) >= 11 is 5.84. The fraction of sp³-hybridized carbons (Fsp3) is 0.154. The number of amides is 4. The van der Waals surface area contributed by atoms with Gasteiger partial charge in [-0.05, 0) is 61.0 Å². The average Bonchev–Trinajstić information content (AvgIpc) is 3.10. The Morgan fingerprint density at radius 1 is 0.943 bits per heavy atom. The molecule has 2 N–H and O–H groups in total. The lowest BCUT2D eigenvalue weighted by Crippen LogP contribution is -2.33. The predicted molar refractivity (Wildman–Crippen MR) is 131 cm³/mol. The second-order valence-corrected chi connectivity index (χ2v) is 8.18. The van der Waals surface area contributed by atoms with Crippen LogP contribution in [0.3, 0.4) is 0 Å². The van der Waals surface area contributed by atoms with E-state index in [9.17, 15) is 19.2 Å². The van der Waals surface area contributed by atoms with E-state index in [0.29, 0.717) is 39.8 Å². The van der Waals surface area contributed by atoms with Crippen molar-refractivity contribution < 1.29 is 23.9 Å². The predicted octanol–water partition coefficient (Wildman–Crippen LogP) is 3.90.